The highest BCUT2D eigenvalue weighted by molar-refractivity contribution is 7.98. The average Bonchev–Trinajstić information content (AvgIpc) is 3.21. The van der Waals surface area contributed by atoms with Gasteiger partial charge < -0.3 is 15.4 Å². The van der Waals surface area contributed by atoms with Gasteiger partial charge in [0.05, 0.1) is 29.8 Å². The maximum Gasteiger partial charge on any atom is 0.255 e. The van der Waals surface area contributed by atoms with Gasteiger partial charge in [-0.25, -0.2) is 4.98 Å². The number of aromatic nitrogens is 2. The number of carbonyl (C=O) groups excluding carboxylic acids is 1. The number of nitrogens with zero attached hydrogens (tertiary/aromatic N) is 2. The number of thioether (sulfide) groups is 1. The van der Waals surface area contributed by atoms with Crippen LogP contribution >= 0.6 is 11.8 Å². The van der Waals surface area contributed by atoms with Crippen LogP contribution in [-0.2, 0) is 4.79 Å². The van der Waals surface area contributed by atoms with Crippen molar-refractivity contribution >= 4 is 40.3 Å². The van der Waals surface area contributed by atoms with Gasteiger partial charge in [0.25, 0.3) is 5.91 Å². The van der Waals surface area contributed by atoms with Crippen LogP contribution in [0.3, 0.4) is 0 Å². The molecule has 33 heavy (non-hydrogen) atoms. The highest BCUT2D eigenvalue weighted by atomic mass is 32.2. The summed E-state index contributed by atoms with van der Waals surface area (Å²) in [6.07, 6.45) is 2.05. The van der Waals surface area contributed by atoms with Crippen LogP contribution in [0, 0.1) is 0 Å². The minimum Gasteiger partial charge on any atom is -0.497 e. The van der Waals surface area contributed by atoms with Gasteiger partial charge in [-0.15, -0.1) is 11.8 Å². The third-order valence-electron chi connectivity index (χ3n) is 5.85. The molecule has 2 N–H and O–H groups in total. The highest BCUT2D eigenvalue weighted by Crippen LogP contribution is 2.39. The van der Waals surface area contributed by atoms with Crippen molar-refractivity contribution in [1.82, 2.24) is 9.55 Å². The lowest BCUT2D eigenvalue weighted by Crippen LogP contribution is -2.30. The Kier molecular flexibility index (Phi) is 5.56. The largest absolute Gasteiger partial charge is 0.497 e. The number of rotatable bonds is 5. The summed E-state index contributed by atoms with van der Waals surface area (Å²) < 4.78 is 7.34. The zero-order valence-corrected chi connectivity index (χ0v) is 19.4. The van der Waals surface area contributed by atoms with Crippen LogP contribution in [-0.4, -0.2) is 28.8 Å². The third kappa shape index (κ3) is 3.85. The summed E-state index contributed by atoms with van der Waals surface area (Å²) in [4.78, 5) is 19.6. The minimum atomic E-state index is -0.317. The fraction of sp³-hybridized carbons (Fsp3) is 0.154. The van der Waals surface area contributed by atoms with E-state index in [0.717, 1.165) is 34.0 Å². The number of methoxy groups -OCH3 is 1. The van der Waals surface area contributed by atoms with Crippen molar-refractivity contribution < 1.29 is 9.53 Å². The Balaban J connectivity index is 1.61. The zero-order valence-electron chi connectivity index (χ0n) is 18.6. The van der Waals surface area contributed by atoms with E-state index in [1.165, 1.54) is 4.90 Å². The second kappa shape index (κ2) is 8.67. The maximum absolute atomic E-state index is 13.6. The summed E-state index contributed by atoms with van der Waals surface area (Å²) in [5, 5.41) is 6.41. The van der Waals surface area contributed by atoms with E-state index in [9.17, 15) is 4.79 Å². The van der Waals surface area contributed by atoms with Crippen LogP contribution in [0.1, 0.15) is 18.5 Å². The van der Waals surface area contributed by atoms with Crippen LogP contribution in [0.15, 0.2) is 89.0 Å². The predicted octanol–water partition coefficient (Wildman–Crippen LogP) is 5.69. The van der Waals surface area contributed by atoms with Gasteiger partial charge in [0.1, 0.15) is 5.75 Å². The van der Waals surface area contributed by atoms with Crippen molar-refractivity contribution in [3.05, 3.63) is 89.6 Å². The molecule has 0 bridgehead atoms. The molecule has 1 aliphatic rings. The Labute approximate surface area is 196 Å². The molecule has 166 valence electrons. The number of hydrogen-bond acceptors (Lipinski definition) is 5. The molecule has 0 unspecified atom stereocenters. The van der Waals surface area contributed by atoms with Crippen molar-refractivity contribution in [1.29, 1.82) is 0 Å². The van der Waals surface area contributed by atoms with Gasteiger partial charge in [-0.3, -0.25) is 9.36 Å². The van der Waals surface area contributed by atoms with Crippen LogP contribution in [0.4, 0.5) is 11.6 Å². The molecule has 1 atom stereocenters. The Morgan fingerprint density at radius 3 is 2.48 bits per heavy atom. The third-order valence-corrected chi connectivity index (χ3v) is 6.60. The molecule has 1 aromatic heterocycles. The van der Waals surface area contributed by atoms with Crippen LogP contribution in [0.5, 0.6) is 5.75 Å². The number of anilines is 2. The summed E-state index contributed by atoms with van der Waals surface area (Å²) in [6, 6.07) is 23.4. The SMILES string of the molecule is COc1ccc(NC(=O)C2=C(C)Nc3nc4ccccc4n3[C@H]2c2ccc(SC)cc2)cc1. The van der Waals surface area contributed by atoms with Gasteiger partial charge in [0.15, 0.2) is 0 Å². The van der Waals surface area contributed by atoms with E-state index >= 15 is 0 Å². The van der Waals surface area contributed by atoms with Crippen molar-refractivity contribution in [3.63, 3.8) is 0 Å². The lowest BCUT2D eigenvalue weighted by atomic mass is 9.94. The first-order valence-corrected chi connectivity index (χ1v) is 11.9. The number of hydrogen-bond donors (Lipinski definition) is 2. The fourth-order valence-corrected chi connectivity index (χ4v) is 4.64. The summed E-state index contributed by atoms with van der Waals surface area (Å²) in [6.45, 7) is 1.93. The molecule has 0 aliphatic carbocycles. The average molecular weight is 457 g/mol. The maximum atomic E-state index is 13.6. The summed E-state index contributed by atoms with van der Waals surface area (Å²) in [5.41, 5.74) is 5.02. The molecule has 4 aromatic rings. The first-order chi connectivity index (χ1) is 16.1. The second-order valence-electron chi connectivity index (χ2n) is 7.82. The molecule has 5 rings (SSSR count). The first-order valence-electron chi connectivity index (χ1n) is 10.6. The number of allylic oxidation sites excluding steroid dienone is 1. The van der Waals surface area contributed by atoms with Crippen LogP contribution in [0.2, 0.25) is 0 Å². The quantitative estimate of drug-likeness (QED) is 0.377. The van der Waals surface area contributed by atoms with E-state index in [1.54, 1.807) is 18.9 Å². The predicted molar refractivity (Wildman–Crippen MR) is 134 cm³/mol. The van der Waals surface area contributed by atoms with Gasteiger partial charge in [-0.2, -0.15) is 0 Å². The number of fused-ring (bicyclic) bond motifs is 3. The van der Waals surface area contributed by atoms with Crippen LogP contribution in [0.25, 0.3) is 11.0 Å². The molecule has 2 heterocycles. The van der Waals surface area contributed by atoms with Crippen molar-refractivity contribution in [2.45, 2.75) is 17.9 Å². The van der Waals surface area contributed by atoms with Crippen LogP contribution < -0.4 is 15.4 Å². The fourth-order valence-electron chi connectivity index (χ4n) is 4.23. The number of para-hydroxylation sites is 2. The number of ether oxygens (including phenoxy) is 1. The van der Waals surface area contributed by atoms with Gasteiger partial charge in [-0.1, -0.05) is 24.3 Å². The van der Waals surface area contributed by atoms with Crippen molar-refractivity contribution in [3.8, 4) is 5.75 Å². The number of benzene rings is 3. The van der Waals surface area contributed by atoms with E-state index in [1.807, 2.05) is 55.5 Å². The van der Waals surface area contributed by atoms with E-state index < -0.39 is 0 Å². The molecular formula is C26H24N4O2S. The topological polar surface area (TPSA) is 68.2 Å². The molecule has 7 heteroatoms. The molecule has 6 nitrogen and oxygen atoms in total. The molecule has 1 amide bonds. The van der Waals surface area contributed by atoms with E-state index in [-0.39, 0.29) is 11.9 Å². The highest BCUT2D eigenvalue weighted by Gasteiger charge is 2.34. The Bertz CT molecular complexity index is 1360. The van der Waals surface area contributed by atoms with Crippen molar-refractivity contribution in [2.75, 3.05) is 24.0 Å². The Hall–Kier alpha value is -3.71. The Morgan fingerprint density at radius 2 is 1.79 bits per heavy atom. The number of nitrogens with one attached hydrogen (secondary N) is 2. The molecule has 0 saturated carbocycles. The molecule has 0 saturated heterocycles. The number of amides is 1. The zero-order chi connectivity index (χ0) is 22.9. The molecule has 1 aliphatic heterocycles. The first kappa shape index (κ1) is 21.2. The summed E-state index contributed by atoms with van der Waals surface area (Å²) in [5.74, 6) is 1.31. The summed E-state index contributed by atoms with van der Waals surface area (Å²) in [7, 11) is 1.62. The standard InChI is InChI=1S/C26H24N4O2S/c1-16-23(25(31)28-18-10-12-19(32-2)13-11-18)24(17-8-14-20(33-3)15-9-17)30-22-7-5-4-6-21(22)29-26(30)27-16/h4-15,24H,1-3H3,(H,27,29)(H,28,31)/t24-/m0/s1. The van der Waals surface area contributed by atoms with Gasteiger partial charge in [0.2, 0.25) is 5.95 Å². The lowest BCUT2D eigenvalue weighted by molar-refractivity contribution is -0.113. The molecular weight excluding hydrogens is 432 g/mol. The minimum absolute atomic E-state index is 0.160. The van der Waals surface area contributed by atoms with Crippen molar-refractivity contribution in [2.24, 2.45) is 0 Å². The summed E-state index contributed by atoms with van der Waals surface area (Å²) >= 11 is 1.69. The molecule has 0 fully saturated rings. The number of imidazole rings is 1. The number of carbonyl (C=O) groups is 1. The van der Waals surface area contributed by atoms with Gasteiger partial charge in [-0.05, 0) is 67.3 Å². The van der Waals surface area contributed by atoms with E-state index in [4.69, 9.17) is 9.72 Å². The molecule has 0 spiro atoms. The lowest BCUT2D eigenvalue weighted by Gasteiger charge is -2.30. The molecule has 3 aromatic carbocycles. The monoisotopic (exact) mass is 456 g/mol. The normalized spacial score (nSPS) is 15.2. The molecule has 0 radical (unpaired) electrons. The second-order valence-corrected chi connectivity index (χ2v) is 8.70. The van der Waals surface area contributed by atoms with Gasteiger partial charge >= 0.3 is 0 Å². The Morgan fingerprint density at radius 1 is 1.06 bits per heavy atom. The van der Waals surface area contributed by atoms with E-state index in [0.29, 0.717) is 11.3 Å². The van der Waals surface area contributed by atoms with E-state index in [2.05, 4.69) is 45.7 Å². The van der Waals surface area contributed by atoms with Gasteiger partial charge in [0, 0.05) is 16.3 Å². The smallest absolute Gasteiger partial charge is 0.255 e.